The first-order valence-electron chi connectivity index (χ1n) is 6.71. The summed E-state index contributed by atoms with van der Waals surface area (Å²) in [6, 6.07) is 0. The van der Waals surface area contributed by atoms with Crippen molar-refractivity contribution in [2.24, 2.45) is 35.0 Å². The summed E-state index contributed by atoms with van der Waals surface area (Å²) in [5, 5.41) is 0. The maximum Gasteiger partial charge on any atom is -0.0172 e. The van der Waals surface area contributed by atoms with Crippen LogP contribution in [0.2, 0.25) is 0 Å². The van der Waals surface area contributed by atoms with Gasteiger partial charge in [-0.2, -0.15) is 0 Å². The minimum absolute atomic E-state index is 0.655. The lowest BCUT2D eigenvalue weighted by atomic mass is 9.80. The molecule has 0 aromatic heterocycles. The molecular weight excluding hydrogens is 180 g/mol. The van der Waals surface area contributed by atoms with Crippen molar-refractivity contribution in [1.29, 1.82) is 0 Å². The molecule has 3 aliphatic carbocycles. The van der Waals surface area contributed by atoms with Crippen LogP contribution in [0.3, 0.4) is 0 Å². The van der Waals surface area contributed by atoms with Crippen LogP contribution in [-0.4, -0.2) is 0 Å². The third-order valence-electron chi connectivity index (χ3n) is 5.91. The van der Waals surface area contributed by atoms with Gasteiger partial charge in [-0.15, -0.1) is 0 Å². The van der Waals surface area contributed by atoms with Crippen LogP contribution in [0.25, 0.3) is 0 Å². The molecular formula is C15H24. The number of rotatable bonds is 0. The molecule has 0 spiro atoms. The van der Waals surface area contributed by atoms with Gasteiger partial charge in [0.1, 0.15) is 0 Å². The molecule has 3 fully saturated rings. The highest BCUT2D eigenvalue weighted by Gasteiger charge is 2.64. The second kappa shape index (κ2) is 2.90. The normalized spacial score (nSPS) is 51.9. The maximum absolute atomic E-state index is 4.35. The molecule has 84 valence electrons. The van der Waals surface area contributed by atoms with Gasteiger partial charge in [0.05, 0.1) is 0 Å². The first-order valence-corrected chi connectivity index (χ1v) is 6.71. The second-order valence-electron chi connectivity index (χ2n) is 6.89. The molecule has 0 radical (unpaired) electrons. The standard InChI is InChI=1S/C15H24/c1-9-6-8-12-14(15(12,3)4)13-10(2)5-7-11(9)13/h10-14H,1,5-8H2,2-4H3/t10-,11?,12-,13-,14-/m1/s1. The lowest BCUT2D eigenvalue weighted by molar-refractivity contribution is 0.280. The molecule has 0 bridgehead atoms. The van der Waals surface area contributed by atoms with E-state index in [1.54, 1.807) is 5.57 Å². The van der Waals surface area contributed by atoms with Crippen LogP contribution in [0.4, 0.5) is 0 Å². The molecule has 0 aromatic carbocycles. The highest BCUT2D eigenvalue weighted by molar-refractivity contribution is 5.20. The van der Waals surface area contributed by atoms with Gasteiger partial charge < -0.3 is 0 Å². The van der Waals surface area contributed by atoms with Crippen molar-refractivity contribution in [3.63, 3.8) is 0 Å². The van der Waals surface area contributed by atoms with Crippen molar-refractivity contribution < 1.29 is 0 Å². The molecule has 0 aliphatic heterocycles. The Morgan fingerprint density at radius 1 is 1.20 bits per heavy atom. The van der Waals surface area contributed by atoms with Gasteiger partial charge in [-0.05, 0) is 60.7 Å². The Balaban J connectivity index is 1.93. The minimum atomic E-state index is 0.655. The van der Waals surface area contributed by atoms with Crippen molar-refractivity contribution in [2.45, 2.75) is 46.5 Å². The predicted octanol–water partition coefficient (Wildman–Crippen LogP) is 4.27. The van der Waals surface area contributed by atoms with Crippen LogP contribution in [0.5, 0.6) is 0 Å². The van der Waals surface area contributed by atoms with Crippen LogP contribution in [0.1, 0.15) is 46.5 Å². The smallest absolute Gasteiger partial charge is 0.0172 e. The Morgan fingerprint density at radius 3 is 2.67 bits per heavy atom. The Hall–Kier alpha value is -0.260. The lowest BCUT2D eigenvalue weighted by Crippen LogP contribution is -2.18. The molecule has 15 heavy (non-hydrogen) atoms. The van der Waals surface area contributed by atoms with Crippen LogP contribution in [0.15, 0.2) is 12.2 Å². The molecule has 3 saturated carbocycles. The van der Waals surface area contributed by atoms with E-state index >= 15 is 0 Å². The maximum atomic E-state index is 4.35. The van der Waals surface area contributed by atoms with E-state index in [1.807, 2.05) is 0 Å². The number of allylic oxidation sites excluding steroid dienone is 1. The molecule has 3 rings (SSSR count). The molecule has 3 aliphatic rings. The summed E-state index contributed by atoms with van der Waals surface area (Å²) in [4.78, 5) is 0. The van der Waals surface area contributed by atoms with E-state index in [0.29, 0.717) is 5.41 Å². The van der Waals surface area contributed by atoms with Crippen molar-refractivity contribution in [3.05, 3.63) is 12.2 Å². The quantitative estimate of drug-likeness (QED) is 0.517. The summed E-state index contributed by atoms with van der Waals surface area (Å²) >= 11 is 0. The van der Waals surface area contributed by atoms with Crippen LogP contribution in [0, 0.1) is 35.0 Å². The summed E-state index contributed by atoms with van der Waals surface area (Å²) in [5.41, 5.74) is 2.25. The lowest BCUT2D eigenvalue weighted by Gasteiger charge is -2.25. The third-order valence-corrected chi connectivity index (χ3v) is 5.91. The summed E-state index contributed by atoms with van der Waals surface area (Å²) in [6.45, 7) is 11.8. The van der Waals surface area contributed by atoms with Crippen LogP contribution < -0.4 is 0 Å². The molecule has 0 heteroatoms. The van der Waals surface area contributed by atoms with E-state index in [9.17, 15) is 0 Å². The van der Waals surface area contributed by atoms with Gasteiger partial charge >= 0.3 is 0 Å². The molecule has 0 amide bonds. The monoisotopic (exact) mass is 204 g/mol. The Labute approximate surface area is 94.1 Å². The van der Waals surface area contributed by atoms with E-state index in [4.69, 9.17) is 0 Å². The molecule has 0 aromatic rings. The van der Waals surface area contributed by atoms with Gasteiger partial charge in [0, 0.05) is 0 Å². The molecule has 0 N–H and O–H groups in total. The van der Waals surface area contributed by atoms with E-state index in [0.717, 1.165) is 29.6 Å². The largest absolute Gasteiger partial charge is 0.0996 e. The number of fused-ring (bicyclic) bond motifs is 3. The van der Waals surface area contributed by atoms with Gasteiger partial charge in [0.15, 0.2) is 0 Å². The summed E-state index contributed by atoms with van der Waals surface area (Å²) in [7, 11) is 0. The Bertz CT molecular complexity index is 299. The van der Waals surface area contributed by atoms with E-state index in [-0.39, 0.29) is 0 Å². The van der Waals surface area contributed by atoms with Gasteiger partial charge in [-0.1, -0.05) is 32.9 Å². The SMILES string of the molecule is C=C1CC[C@@H]2[C@H]([C@H]3C1CC[C@H]3C)C2(C)C. The molecule has 0 saturated heterocycles. The van der Waals surface area contributed by atoms with Gasteiger partial charge in [0.2, 0.25) is 0 Å². The third kappa shape index (κ3) is 1.20. The number of hydrogen-bond acceptors (Lipinski definition) is 0. The van der Waals surface area contributed by atoms with Gasteiger partial charge in [0.25, 0.3) is 0 Å². The predicted molar refractivity (Wildman–Crippen MR) is 64.5 cm³/mol. The first-order chi connectivity index (χ1) is 7.03. The van der Waals surface area contributed by atoms with Gasteiger partial charge in [-0.3, -0.25) is 0 Å². The van der Waals surface area contributed by atoms with Crippen molar-refractivity contribution in [2.75, 3.05) is 0 Å². The zero-order valence-electron chi connectivity index (χ0n) is 10.4. The van der Waals surface area contributed by atoms with E-state index in [1.165, 1.54) is 25.7 Å². The first kappa shape index (κ1) is 9.93. The van der Waals surface area contributed by atoms with E-state index in [2.05, 4.69) is 27.4 Å². The molecule has 0 heterocycles. The number of hydrogen-bond donors (Lipinski definition) is 0. The average Bonchev–Trinajstić information content (AvgIpc) is 2.55. The molecule has 5 atom stereocenters. The highest BCUT2D eigenvalue weighted by atomic mass is 14.7. The van der Waals surface area contributed by atoms with Gasteiger partial charge in [-0.25, -0.2) is 0 Å². The second-order valence-corrected chi connectivity index (χ2v) is 6.89. The van der Waals surface area contributed by atoms with Crippen molar-refractivity contribution >= 4 is 0 Å². The van der Waals surface area contributed by atoms with Crippen LogP contribution >= 0.6 is 0 Å². The Kier molecular flexibility index (Phi) is 1.92. The minimum Gasteiger partial charge on any atom is -0.0996 e. The summed E-state index contributed by atoms with van der Waals surface area (Å²) in [6.07, 6.45) is 5.63. The van der Waals surface area contributed by atoms with E-state index < -0.39 is 0 Å². The zero-order valence-corrected chi connectivity index (χ0v) is 10.4. The fourth-order valence-electron chi connectivity index (χ4n) is 4.93. The highest BCUT2D eigenvalue weighted by Crippen LogP contribution is 2.70. The molecule has 1 unspecified atom stereocenters. The van der Waals surface area contributed by atoms with Crippen molar-refractivity contribution in [1.82, 2.24) is 0 Å². The summed E-state index contributed by atoms with van der Waals surface area (Å²) in [5.74, 6) is 4.87. The topological polar surface area (TPSA) is 0 Å². The molecule has 0 nitrogen and oxygen atoms in total. The summed E-state index contributed by atoms with van der Waals surface area (Å²) < 4.78 is 0. The Morgan fingerprint density at radius 2 is 1.93 bits per heavy atom. The van der Waals surface area contributed by atoms with Crippen molar-refractivity contribution in [3.8, 4) is 0 Å². The zero-order chi connectivity index (χ0) is 10.8. The fraction of sp³-hybridized carbons (Fsp3) is 0.867. The van der Waals surface area contributed by atoms with Crippen LogP contribution in [-0.2, 0) is 0 Å². The fourth-order valence-corrected chi connectivity index (χ4v) is 4.93. The average molecular weight is 204 g/mol.